The zero-order chi connectivity index (χ0) is 15.4. The molecule has 1 aromatic carbocycles. The molecule has 1 N–H and O–H groups in total. The summed E-state index contributed by atoms with van der Waals surface area (Å²) >= 11 is 5.95. The number of morpholine rings is 1. The normalized spacial score (nSPS) is 22.9. The summed E-state index contributed by atoms with van der Waals surface area (Å²) in [6.45, 7) is 5.86. The molecule has 2 atom stereocenters. The Labute approximate surface area is 130 Å². The number of hydrogen-bond donors (Lipinski definition) is 1. The Kier molecular flexibility index (Phi) is 5.45. The first-order valence-corrected chi connectivity index (χ1v) is 7.37. The number of amides is 1. The van der Waals surface area contributed by atoms with Crippen LogP contribution in [0.1, 0.15) is 13.8 Å². The molecule has 6 heteroatoms. The van der Waals surface area contributed by atoms with E-state index in [1.54, 1.807) is 25.3 Å². The number of nitrogens with zero attached hydrogens (tertiary/aromatic N) is 1. The Morgan fingerprint density at radius 1 is 1.43 bits per heavy atom. The van der Waals surface area contributed by atoms with Gasteiger partial charge in [-0.15, -0.1) is 0 Å². The molecule has 2 rings (SSSR count). The number of carbonyl (C=O) groups is 1. The van der Waals surface area contributed by atoms with Gasteiger partial charge < -0.3 is 14.8 Å². The molecule has 0 bridgehead atoms. The van der Waals surface area contributed by atoms with Gasteiger partial charge in [0, 0.05) is 18.1 Å². The molecule has 2 unspecified atom stereocenters. The summed E-state index contributed by atoms with van der Waals surface area (Å²) < 4.78 is 10.9. The quantitative estimate of drug-likeness (QED) is 0.927. The van der Waals surface area contributed by atoms with Gasteiger partial charge in [0.15, 0.2) is 0 Å². The smallest absolute Gasteiger partial charge is 0.238 e. The minimum Gasteiger partial charge on any atom is -0.495 e. The molecule has 0 aromatic heterocycles. The van der Waals surface area contributed by atoms with E-state index in [0.29, 0.717) is 23.0 Å². The van der Waals surface area contributed by atoms with Crippen molar-refractivity contribution in [2.75, 3.05) is 32.1 Å². The summed E-state index contributed by atoms with van der Waals surface area (Å²) in [7, 11) is 1.56. The van der Waals surface area contributed by atoms with Crippen molar-refractivity contribution < 1.29 is 14.3 Å². The van der Waals surface area contributed by atoms with E-state index in [1.165, 1.54) is 0 Å². The van der Waals surface area contributed by atoms with E-state index >= 15 is 0 Å². The molecule has 5 nitrogen and oxygen atoms in total. The topological polar surface area (TPSA) is 50.8 Å². The maximum atomic E-state index is 12.2. The lowest BCUT2D eigenvalue weighted by atomic mass is 10.2. The van der Waals surface area contributed by atoms with Crippen LogP contribution in [0.15, 0.2) is 18.2 Å². The average Bonchev–Trinajstić information content (AvgIpc) is 2.37. The Bertz CT molecular complexity index is 500. The van der Waals surface area contributed by atoms with Crippen molar-refractivity contribution >= 4 is 23.2 Å². The first-order valence-electron chi connectivity index (χ1n) is 6.99. The summed E-state index contributed by atoms with van der Waals surface area (Å²) in [4.78, 5) is 14.3. The maximum absolute atomic E-state index is 12.2. The highest BCUT2D eigenvalue weighted by Crippen LogP contribution is 2.27. The number of carbonyl (C=O) groups excluding carboxylic acids is 1. The fraction of sp³-hybridized carbons (Fsp3) is 0.533. The second kappa shape index (κ2) is 7.11. The number of methoxy groups -OCH3 is 1. The zero-order valence-electron chi connectivity index (χ0n) is 12.6. The Balaban J connectivity index is 1.97. The van der Waals surface area contributed by atoms with Crippen molar-refractivity contribution in [3.05, 3.63) is 23.2 Å². The van der Waals surface area contributed by atoms with E-state index in [2.05, 4.69) is 10.2 Å². The summed E-state index contributed by atoms with van der Waals surface area (Å²) in [5.41, 5.74) is 0.587. The molecule has 1 saturated heterocycles. The second-order valence-electron chi connectivity index (χ2n) is 5.34. The van der Waals surface area contributed by atoms with Crippen LogP contribution in [0.2, 0.25) is 5.02 Å². The molecule has 1 heterocycles. The largest absolute Gasteiger partial charge is 0.495 e. The molecule has 1 aromatic rings. The molecule has 1 aliphatic heterocycles. The van der Waals surface area contributed by atoms with Gasteiger partial charge in [-0.3, -0.25) is 9.69 Å². The van der Waals surface area contributed by atoms with E-state index < -0.39 is 0 Å². The number of nitrogens with one attached hydrogen (secondary N) is 1. The number of ether oxygens (including phenoxy) is 2. The van der Waals surface area contributed by atoms with E-state index in [9.17, 15) is 4.79 Å². The Hall–Kier alpha value is -1.30. The third kappa shape index (κ3) is 4.59. The van der Waals surface area contributed by atoms with Crippen LogP contribution in [0.25, 0.3) is 0 Å². The van der Waals surface area contributed by atoms with Gasteiger partial charge in [0.1, 0.15) is 5.75 Å². The summed E-state index contributed by atoms with van der Waals surface area (Å²) in [6, 6.07) is 5.14. The molecule has 116 valence electrons. The second-order valence-corrected chi connectivity index (χ2v) is 5.78. The predicted molar refractivity (Wildman–Crippen MR) is 83.1 cm³/mol. The van der Waals surface area contributed by atoms with Gasteiger partial charge >= 0.3 is 0 Å². The van der Waals surface area contributed by atoms with Gasteiger partial charge in [-0.05, 0) is 32.0 Å². The van der Waals surface area contributed by atoms with Crippen LogP contribution in [0.3, 0.4) is 0 Å². The van der Waals surface area contributed by atoms with Crippen LogP contribution in [-0.2, 0) is 9.53 Å². The molecule has 0 saturated carbocycles. The lowest BCUT2D eigenvalue weighted by Crippen LogP contribution is -2.48. The highest BCUT2D eigenvalue weighted by Gasteiger charge is 2.23. The summed E-state index contributed by atoms with van der Waals surface area (Å²) in [5, 5.41) is 3.40. The van der Waals surface area contributed by atoms with Crippen molar-refractivity contribution in [3.8, 4) is 5.75 Å². The van der Waals surface area contributed by atoms with E-state index in [0.717, 1.165) is 13.1 Å². The van der Waals surface area contributed by atoms with Crippen LogP contribution in [0.5, 0.6) is 5.75 Å². The third-order valence-corrected chi connectivity index (χ3v) is 3.53. The predicted octanol–water partition coefficient (Wildman–Crippen LogP) is 2.40. The van der Waals surface area contributed by atoms with Crippen LogP contribution in [0, 0.1) is 0 Å². The van der Waals surface area contributed by atoms with Gasteiger partial charge in [0.25, 0.3) is 0 Å². The van der Waals surface area contributed by atoms with Crippen molar-refractivity contribution in [1.29, 1.82) is 0 Å². The monoisotopic (exact) mass is 312 g/mol. The fourth-order valence-corrected chi connectivity index (χ4v) is 2.76. The number of anilines is 1. The molecule has 1 amide bonds. The zero-order valence-corrected chi connectivity index (χ0v) is 13.3. The molecule has 0 aliphatic carbocycles. The van der Waals surface area contributed by atoms with Crippen molar-refractivity contribution in [1.82, 2.24) is 4.90 Å². The molecule has 0 radical (unpaired) electrons. The Morgan fingerprint density at radius 2 is 2.10 bits per heavy atom. The lowest BCUT2D eigenvalue weighted by molar-refractivity contribution is -0.121. The van der Waals surface area contributed by atoms with Gasteiger partial charge in [0.05, 0.1) is 31.5 Å². The van der Waals surface area contributed by atoms with E-state index in [4.69, 9.17) is 21.1 Å². The highest BCUT2D eigenvalue weighted by molar-refractivity contribution is 6.31. The minimum absolute atomic E-state index is 0.0862. The number of hydrogen-bond acceptors (Lipinski definition) is 4. The molecular formula is C15H21ClN2O3. The first-order chi connectivity index (χ1) is 9.97. The molecular weight excluding hydrogens is 292 g/mol. The van der Waals surface area contributed by atoms with Crippen LogP contribution < -0.4 is 10.1 Å². The van der Waals surface area contributed by atoms with Crippen molar-refractivity contribution in [3.63, 3.8) is 0 Å². The van der Waals surface area contributed by atoms with Crippen molar-refractivity contribution in [2.45, 2.75) is 26.1 Å². The number of benzene rings is 1. The van der Waals surface area contributed by atoms with Crippen molar-refractivity contribution in [2.24, 2.45) is 0 Å². The van der Waals surface area contributed by atoms with Gasteiger partial charge in [-0.25, -0.2) is 0 Å². The van der Waals surface area contributed by atoms with Crippen LogP contribution in [0.4, 0.5) is 5.69 Å². The standard InChI is InChI=1S/C15H21ClN2O3/c1-10-7-18(8-11(2)21-10)9-15(19)17-13-6-12(16)4-5-14(13)20-3/h4-6,10-11H,7-9H2,1-3H3,(H,17,19). The fourth-order valence-electron chi connectivity index (χ4n) is 2.58. The summed E-state index contributed by atoms with van der Waals surface area (Å²) in [5.74, 6) is 0.508. The molecule has 21 heavy (non-hydrogen) atoms. The van der Waals surface area contributed by atoms with E-state index in [1.807, 2.05) is 13.8 Å². The summed E-state index contributed by atoms with van der Waals surface area (Å²) in [6.07, 6.45) is 0.282. The average molecular weight is 313 g/mol. The number of halogens is 1. The molecule has 1 aliphatic rings. The highest BCUT2D eigenvalue weighted by atomic mass is 35.5. The van der Waals surface area contributed by atoms with Gasteiger partial charge in [-0.1, -0.05) is 11.6 Å². The SMILES string of the molecule is COc1ccc(Cl)cc1NC(=O)CN1CC(C)OC(C)C1. The Morgan fingerprint density at radius 3 is 2.71 bits per heavy atom. The molecule has 1 fully saturated rings. The van der Waals surface area contributed by atoms with E-state index in [-0.39, 0.29) is 18.1 Å². The van der Waals surface area contributed by atoms with Gasteiger partial charge in [0.2, 0.25) is 5.91 Å². The minimum atomic E-state index is -0.0862. The first kappa shape index (κ1) is 16.1. The van der Waals surface area contributed by atoms with Crippen LogP contribution in [-0.4, -0.2) is 49.8 Å². The number of rotatable bonds is 4. The van der Waals surface area contributed by atoms with Gasteiger partial charge in [-0.2, -0.15) is 0 Å². The maximum Gasteiger partial charge on any atom is 0.238 e. The molecule has 0 spiro atoms. The van der Waals surface area contributed by atoms with Crippen LogP contribution >= 0.6 is 11.6 Å². The third-order valence-electron chi connectivity index (χ3n) is 3.30. The lowest BCUT2D eigenvalue weighted by Gasteiger charge is -2.34.